The molecule has 2 aromatic rings. The van der Waals surface area contributed by atoms with E-state index in [4.69, 9.17) is 11.6 Å². The van der Waals surface area contributed by atoms with E-state index in [-0.39, 0.29) is 5.78 Å². The van der Waals surface area contributed by atoms with E-state index >= 15 is 0 Å². The monoisotopic (exact) mass is 285 g/mol. The molecule has 0 saturated carbocycles. The number of hydrogen-bond donors (Lipinski definition) is 0. The summed E-state index contributed by atoms with van der Waals surface area (Å²) in [6, 6.07) is 14.9. The number of carbonyl (C=O) groups excluding carboxylic acids is 1. The first-order valence-electron chi connectivity index (χ1n) is 6.84. The van der Waals surface area contributed by atoms with E-state index in [1.165, 1.54) is 25.1 Å². The van der Waals surface area contributed by atoms with Gasteiger partial charge in [0, 0.05) is 22.7 Å². The molecule has 2 aromatic carbocycles. The fourth-order valence-electron chi connectivity index (χ4n) is 2.36. The van der Waals surface area contributed by atoms with Crippen molar-refractivity contribution in [2.75, 3.05) is 13.1 Å². The number of nitrogens with zero attached hydrogens (tertiary/aromatic N) is 1. The molecule has 3 rings (SSSR count). The fourth-order valence-corrected chi connectivity index (χ4v) is 2.55. The van der Waals surface area contributed by atoms with Crippen molar-refractivity contribution in [3.63, 3.8) is 0 Å². The van der Waals surface area contributed by atoms with Gasteiger partial charge in [0.25, 0.3) is 0 Å². The van der Waals surface area contributed by atoms with Crippen LogP contribution in [0.15, 0.2) is 48.5 Å². The number of hydrogen-bond acceptors (Lipinski definition) is 2. The van der Waals surface area contributed by atoms with Gasteiger partial charge in [0.15, 0.2) is 5.78 Å². The predicted octanol–water partition coefficient (Wildman–Crippen LogP) is 3.78. The topological polar surface area (TPSA) is 20.3 Å². The lowest BCUT2D eigenvalue weighted by molar-refractivity contribution is 0.103. The number of rotatable bonds is 4. The second-order valence-electron chi connectivity index (χ2n) is 5.17. The maximum Gasteiger partial charge on any atom is 0.193 e. The Kier molecular flexibility index (Phi) is 3.86. The Morgan fingerprint density at radius 2 is 1.80 bits per heavy atom. The van der Waals surface area contributed by atoms with Gasteiger partial charge in [-0.1, -0.05) is 48.0 Å². The number of benzene rings is 2. The van der Waals surface area contributed by atoms with Gasteiger partial charge in [0.1, 0.15) is 0 Å². The maximum atomic E-state index is 12.3. The summed E-state index contributed by atoms with van der Waals surface area (Å²) >= 11 is 5.92. The summed E-state index contributed by atoms with van der Waals surface area (Å²) in [5, 5.41) is 0.588. The van der Waals surface area contributed by atoms with Crippen molar-refractivity contribution >= 4 is 17.4 Å². The van der Waals surface area contributed by atoms with Crippen molar-refractivity contribution in [3.05, 3.63) is 70.2 Å². The number of likely N-dealkylation sites (tertiary alicyclic amines) is 1. The third-order valence-electron chi connectivity index (χ3n) is 3.66. The van der Waals surface area contributed by atoms with Gasteiger partial charge in [-0.05, 0) is 37.2 Å². The molecule has 0 unspecified atom stereocenters. The largest absolute Gasteiger partial charge is 0.299 e. The standard InChI is InChI=1S/C17H16ClNO/c18-16-4-1-3-15(11-16)17(20)14-7-5-13(6-8-14)12-19-9-2-10-19/h1,3-8,11H,2,9-10,12H2. The van der Waals surface area contributed by atoms with Gasteiger partial charge in [0.05, 0.1) is 0 Å². The fraction of sp³-hybridized carbons (Fsp3) is 0.235. The van der Waals surface area contributed by atoms with E-state index in [9.17, 15) is 4.79 Å². The van der Waals surface area contributed by atoms with Gasteiger partial charge in [0.2, 0.25) is 0 Å². The molecular formula is C17H16ClNO. The van der Waals surface area contributed by atoms with Gasteiger partial charge in [-0.25, -0.2) is 0 Å². The molecule has 1 aliphatic rings. The van der Waals surface area contributed by atoms with Crippen LogP contribution in [0.1, 0.15) is 27.9 Å². The maximum absolute atomic E-state index is 12.3. The summed E-state index contributed by atoms with van der Waals surface area (Å²) in [7, 11) is 0. The average Bonchev–Trinajstić information content (AvgIpc) is 2.43. The highest BCUT2D eigenvalue weighted by atomic mass is 35.5. The molecule has 0 amide bonds. The predicted molar refractivity (Wildman–Crippen MR) is 81.2 cm³/mol. The lowest BCUT2D eigenvalue weighted by atomic mass is 10.0. The summed E-state index contributed by atoms with van der Waals surface area (Å²) in [5.74, 6) is 0.0167. The first-order chi connectivity index (χ1) is 9.72. The minimum absolute atomic E-state index is 0.0167. The molecule has 0 atom stereocenters. The van der Waals surface area contributed by atoms with Crippen LogP contribution in [0.25, 0.3) is 0 Å². The second kappa shape index (κ2) is 5.78. The van der Waals surface area contributed by atoms with Crippen LogP contribution in [0.2, 0.25) is 5.02 Å². The molecule has 0 spiro atoms. The highest BCUT2D eigenvalue weighted by Gasteiger charge is 2.14. The van der Waals surface area contributed by atoms with Gasteiger partial charge in [-0.2, -0.15) is 0 Å². The Balaban J connectivity index is 1.74. The summed E-state index contributed by atoms with van der Waals surface area (Å²) in [6.07, 6.45) is 1.30. The van der Waals surface area contributed by atoms with E-state index in [0.29, 0.717) is 16.1 Å². The molecule has 0 aliphatic carbocycles. The molecule has 0 radical (unpaired) electrons. The van der Waals surface area contributed by atoms with Crippen molar-refractivity contribution in [2.24, 2.45) is 0 Å². The highest BCUT2D eigenvalue weighted by Crippen LogP contribution is 2.17. The third-order valence-corrected chi connectivity index (χ3v) is 3.89. The van der Waals surface area contributed by atoms with Crippen molar-refractivity contribution in [2.45, 2.75) is 13.0 Å². The Labute approximate surface area is 124 Å². The zero-order valence-corrected chi connectivity index (χ0v) is 11.9. The van der Waals surface area contributed by atoms with Crippen molar-refractivity contribution in [1.82, 2.24) is 4.90 Å². The Bertz CT molecular complexity index is 617. The zero-order valence-electron chi connectivity index (χ0n) is 11.2. The number of carbonyl (C=O) groups is 1. The molecule has 20 heavy (non-hydrogen) atoms. The normalized spacial score (nSPS) is 14.8. The molecule has 3 heteroatoms. The minimum Gasteiger partial charge on any atom is -0.299 e. The molecule has 0 bridgehead atoms. The van der Waals surface area contributed by atoms with Crippen LogP contribution in [-0.4, -0.2) is 23.8 Å². The Morgan fingerprint density at radius 1 is 1.05 bits per heavy atom. The SMILES string of the molecule is O=C(c1ccc(CN2CCC2)cc1)c1cccc(Cl)c1. The molecule has 2 nitrogen and oxygen atoms in total. The summed E-state index contributed by atoms with van der Waals surface area (Å²) < 4.78 is 0. The molecule has 102 valence electrons. The second-order valence-corrected chi connectivity index (χ2v) is 5.60. The van der Waals surface area contributed by atoms with E-state index in [1.54, 1.807) is 24.3 Å². The van der Waals surface area contributed by atoms with Gasteiger partial charge < -0.3 is 0 Å². The summed E-state index contributed by atoms with van der Waals surface area (Å²) in [5.41, 5.74) is 2.60. The smallest absolute Gasteiger partial charge is 0.193 e. The highest BCUT2D eigenvalue weighted by molar-refractivity contribution is 6.31. The first-order valence-corrected chi connectivity index (χ1v) is 7.22. The molecule has 1 heterocycles. The summed E-state index contributed by atoms with van der Waals surface area (Å²) in [6.45, 7) is 3.35. The van der Waals surface area contributed by atoms with Gasteiger partial charge in [-0.15, -0.1) is 0 Å². The quantitative estimate of drug-likeness (QED) is 0.797. The van der Waals surface area contributed by atoms with Crippen LogP contribution in [0.3, 0.4) is 0 Å². The third kappa shape index (κ3) is 2.92. The van der Waals surface area contributed by atoms with Crippen LogP contribution in [-0.2, 0) is 6.54 Å². The average molecular weight is 286 g/mol. The number of ketones is 1. The molecular weight excluding hydrogens is 270 g/mol. The first kappa shape index (κ1) is 13.3. The molecule has 1 aliphatic heterocycles. The molecule has 0 aromatic heterocycles. The van der Waals surface area contributed by atoms with Crippen molar-refractivity contribution in [3.8, 4) is 0 Å². The molecule has 0 N–H and O–H groups in total. The lowest BCUT2D eigenvalue weighted by Gasteiger charge is -2.30. The molecule has 1 fully saturated rings. The van der Waals surface area contributed by atoms with Crippen LogP contribution >= 0.6 is 11.6 Å². The Morgan fingerprint density at radius 3 is 2.40 bits per heavy atom. The van der Waals surface area contributed by atoms with E-state index in [0.717, 1.165) is 6.54 Å². The van der Waals surface area contributed by atoms with Crippen molar-refractivity contribution < 1.29 is 4.79 Å². The Hall–Kier alpha value is -1.64. The summed E-state index contributed by atoms with van der Waals surface area (Å²) in [4.78, 5) is 14.7. The van der Waals surface area contributed by atoms with Crippen molar-refractivity contribution in [1.29, 1.82) is 0 Å². The van der Waals surface area contributed by atoms with Crippen LogP contribution in [0.5, 0.6) is 0 Å². The van der Waals surface area contributed by atoms with Gasteiger partial charge >= 0.3 is 0 Å². The van der Waals surface area contributed by atoms with Crippen LogP contribution < -0.4 is 0 Å². The van der Waals surface area contributed by atoms with E-state index in [2.05, 4.69) is 4.90 Å². The van der Waals surface area contributed by atoms with Crippen LogP contribution in [0.4, 0.5) is 0 Å². The lowest BCUT2D eigenvalue weighted by Crippen LogP contribution is -2.36. The zero-order chi connectivity index (χ0) is 13.9. The minimum atomic E-state index is 0.0167. The van der Waals surface area contributed by atoms with Crippen LogP contribution in [0, 0.1) is 0 Å². The number of halogens is 1. The molecule has 1 saturated heterocycles. The van der Waals surface area contributed by atoms with Gasteiger partial charge in [-0.3, -0.25) is 9.69 Å². The van der Waals surface area contributed by atoms with E-state index in [1.807, 2.05) is 24.3 Å². The van der Waals surface area contributed by atoms with E-state index < -0.39 is 0 Å².